The van der Waals surface area contributed by atoms with Crippen molar-refractivity contribution in [3.8, 4) is 17.2 Å². The van der Waals surface area contributed by atoms with Crippen LogP contribution in [-0.2, 0) is 4.74 Å². The number of rotatable bonds is 4. The number of alkyl carbamates (subject to hydrolysis) is 1. The quantitative estimate of drug-likeness (QED) is 0.851. The van der Waals surface area contributed by atoms with E-state index in [2.05, 4.69) is 20.2 Å². The van der Waals surface area contributed by atoms with Gasteiger partial charge in [0.05, 0.1) is 33.3 Å². The van der Waals surface area contributed by atoms with Gasteiger partial charge in [-0.3, -0.25) is 0 Å². The zero-order valence-corrected chi connectivity index (χ0v) is 16.3. The Morgan fingerprint density at radius 3 is 2.61 bits per heavy atom. The Morgan fingerprint density at radius 1 is 1.11 bits per heavy atom. The molecule has 3 heterocycles. The fraction of sp³-hybridized carbons (Fsp3) is 0.526. The maximum atomic E-state index is 11.5. The number of methoxy groups -OCH3 is 3. The molecule has 1 amide bonds. The summed E-state index contributed by atoms with van der Waals surface area (Å²) in [6, 6.07) is 1.88. The lowest BCUT2D eigenvalue weighted by atomic mass is 9.95. The van der Waals surface area contributed by atoms with Crippen LogP contribution in [0.3, 0.4) is 0 Å². The summed E-state index contributed by atoms with van der Waals surface area (Å²) in [7, 11) is 4.73. The Bertz CT molecular complexity index is 906. The monoisotopic (exact) mass is 388 g/mol. The molecule has 2 saturated heterocycles. The number of carbonyl (C=O) groups is 1. The zero-order chi connectivity index (χ0) is 19.7. The van der Waals surface area contributed by atoms with Crippen LogP contribution in [0.1, 0.15) is 19.3 Å². The minimum Gasteiger partial charge on any atom is -0.493 e. The van der Waals surface area contributed by atoms with Gasteiger partial charge in [0, 0.05) is 19.5 Å². The molecule has 2 aromatic rings. The molecule has 2 fully saturated rings. The lowest BCUT2D eigenvalue weighted by Gasteiger charge is -2.26. The number of amides is 1. The number of carbonyl (C=O) groups excluding carboxylic acids is 1. The summed E-state index contributed by atoms with van der Waals surface area (Å²) in [4.78, 5) is 22.7. The highest BCUT2D eigenvalue weighted by atomic mass is 16.6. The molecule has 9 nitrogen and oxygen atoms in total. The Labute approximate surface area is 162 Å². The van der Waals surface area contributed by atoms with Gasteiger partial charge < -0.3 is 29.2 Å². The van der Waals surface area contributed by atoms with Crippen molar-refractivity contribution in [1.82, 2.24) is 15.3 Å². The van der Waals surface area contributed by atoms with Crippen LogP contribution in [0.5, 0.6) is 17.2 Å². The van der Waals surface area contributed by atoms with Gasteiger partial charge in [0.1, 0.15) is 23.3 Å². The summed E-state index contributed by atoms with van der Waals surface area (Å²) in [5.41, 5.74) is 0.242. The van der Waals surface area contributed by atoms with Crippen molar-refractivity contribution in [3.05, 3.63) is 12.4 Å². The molecule has 150 valence electrons. The van der Waals surface area contributed by atoms with Crippen molar-refractivity contribution in [2.45, 2.75) is 24.9 Å². The van der Waals surface area contributed by atoms with E-state index in [4.69, 9.17) is 18.9 Å². The van der Waals surface area contributed by atoms with Crippen molar-refractivity contribution in [3.63, 3.8) is 0 Å². The fourth-order valence-corrected chi connectivity index (χ4v) is 4.06. The lowest BCUT2D eigenvalue weighted by Crippen LogP contribution is -2.35. The fourth-order valence-electron chi connectivity index (χ4n) is 4.06. The van der Waals surface area contributed by atoms with Crippen molar-refractivity contribution >= 4 is 22.8 Å². The maximum Gasteiger partial charge on any atom is 0.407 e. The first-order valence-electron chi connectivity index (χ1n) is 9.26. The highest BCUT2D eigenvalue weighted by Crippen LogP contribution is 2.44. The van der Waals surface area contributed by atoms with E-state index in [9.17, 15) is 4.79 Å². The third kappa shape index (κ3) is 3.00. The molecule has 4 rings (SSSR count). The molecule has 0 aliphatic carbocycles. The molecular formula is C19H24N4O5. The predicted molar refractivity (Wildman–Crippen MR) is 102 cm³/mol. The highest BCUT2D eigenvalue weighted by molar-refractivity contribution is 5.97. The summed E-state index contributed by atoms with van der Waals surface area (Å²) in [5.74, 6) is 2.38. The molecule has 1 spiro atoms. The summed E-state index contributed by atoms with van der Waals surface area (Å²) >= 11 is 0. The standard InChI is InChI=1S/C19H24N4O5/c1-25-13-9-12-14(16(27-3)15(13)26-2)21-11-22-17(12)23-7-4-5-19(6-8-23)10-20-18(24)28-19/h9,11H,4-8,10H2,1-3H3,(H,20,24). The Balaban J connectivity index is 1.73. The van der Waals surface area contributed by atoms with Crippen molar-refractivity contribution < 1.29 is 23.7 Å². The number of nitrogens with zero attached hydrogens (tertiary/aromatic N) is 3. The van der Waals surface area contributed by atoms with Gasteiger partial charge in [-0.05, 0) is 18.9 Å². The van der Waals surface area contributed by atoms with Crippen LogP contribution in [-0.4, -0.2) is 62.6 Å². The number of hydrogen-bond acceptors (Lipinski definition) is 8. The Hall–Kier alpha value is -2.97. The SMILES string of the molecule is COc1cc2c(N3CCCC4(CC3)CNC(=O)O4)ncnc2c(OC)c1OC. The van der Waals surface area contributed by atoms with E-state index in [1.807, 2.05) is 6.07 Å². The number of aromatic nitrogens is 2. The van der Waals surface area contributed by atoms with Crippen LogP contribution in [0, 0.1) is 0 Å². The summed E-state index contributed by atoms with van der Waals surface area (Å²) in [6.45, 7) is 2.09. The van der Waals surface area contributed by atoms with Crippen LogP contribution in [0.2, 0.25) is 0 Å². The van der Waals surface area contributed by atoms with Crippen LogP contribution in [0.25, 0.3) is 10.9 Å². The van der Waals surface area contributed by atoms with Gasteiger partial charge in [0.15, 0.2) is 11.5 Å². The first-order valence-corrected chi connectivity index (χ1v) is 9.26. The molecule has 1 atom stereocenters. The topological polar surface area (TPSA) is 95.0 Å². The lowest BCUT2D eigenvalue weighted by molar-refractivity contribution is 0.0473. The van der Waals surface area contributed by atoms with E-state index in [0.717, 1.165) is 43.6 Å². The van der Waals surface area contributed by atoms with Gasteiger partial charge in [-0.25, -0.2) is 14.8 Å². The van der Waals surface area contributed by atoms with Gasteiger partial charge in [0.25, 0.3) is 0 Å². The average Bonchev–Trinajstić information content (AvgIpc) is 2.96. The third-order valence-electron chi connectivity index (χ3n) is 5.47. The van der Waals surface area contributed by atoms with E-state index in [1.54, 1.807) is 21.3 Å². The van der Waals surface area contributed by atoms with Gasteiger partial charge in [-0.1, -0.05) is 0 Å². The predicted octanol–water partition coefficient (Wildman–Crippen LogP) is 2.12. The zero-order valence-electron chi connectivity index (χ0n) is 16.3. The first-order chi connectivity index (χ1) is 13.6. The normalized spacial score (nSPS) is 22.0. The van der Waals surface area contributed by atoms with Gasteiger partial charge >= 0.3 is 6.09 Å². The second kappa shape index (κ2) is 7.21. The summed E-state index contributed by atoms with van der Waals surface area (Å²) in [6.07, 6.45) is 3.66. The summed E-state index contributed by atoms with van der Waals surface area (Å²) < 4.78 is 22.1. The largest absolute Gasteiger partial charge is 0.493 e. The third-order valence-corrected chi connectivity index (χ3v) is 5.47. The minimum absolute atomic E-state index is 0.331. The minimum atomic E-state index is -0.423. The Morgan fingerprint density at radius 2 is 1.93 bits per heavy atom. The number of benzene rings is 1. The van der Waals surface area contributed by atoms with Crippen LogP contribution in [0.4, 0.5) is 10.6 Å². The van der Waals surface area contributed by atoms with E-state index >= 15 is 0 Å². The molecular weight excluding hydrogens is 364 g/mol. The summed E-state index contributed by atoms with van der Waals surface area (Å²) in [5, 5.41) is 3.61. The van der Waals surface area contributed by atoms with E-state index in [0.29, 0.717) is 29.3 Å². The second-order valence-electron chi connectivity index (χ2n) is 7.01. The van der Waals surface area contributed by atoms with Gasteiger partial charge in [-0.2, -0.15) is 0 Å². The molecule has 0 bridgehead atoms. The maximum absolute atomic E-state index is 11.5. The molecule has 1 aromatic carbocycles. The number of ether oxygens (including phenoxy) is 4. The second-order valence-corrected chi connectivity index (χ2v) is 7.01. The number of hydrogen-bond donors (Lipinski definition) is 1. The molecule has 9 heteroatoms. The smallest absolute Gasteiger partial charge is 0.407 e. The molecule has 0 radical (unpaired) electrons. The molecule has 1 N–H and O–H groups in total. The molecule has 1 unspecified atom stereocenters. The van der Waals surface area contributed by atoms with Crippen molar-refractivity contribution in [2.75, 3.05) is 45.9 Å². The number of anilines is 1. The molecule has 0 saturated carbocycles. The molecule has 28 heavy (non-hydrogen) atoms. The number of fused-ring (bicyclic) bond motifs is 1. The number of nitrogens with one attached hydrogen (secondary N) is 1. The first kappa shape index (κ1) is 18.4. The molecule has 1 aromatic heterocycles. The van der Waals surface area contributed by atoms with Gasteiger partial charge in [-0.15, -0.1) is 0 Å². The van der Waals surface area contributed by atoms with Gasteiger partial charge in [0.2, 0.25) is 5.75 Å². The molecule has 2 aliphatic rings. The molecule has 2 aliphatic heterocycles. The van der Waals surface area contributed by atoms with E-state index in [1.165, 1.54) is 6.33 Å². The Kier molecular flexibility index (Phi) is 4.74. The van der Waals surface area contributed by atoms with E-state index < -0.39 is 5.60 Å². The van der Waals surface area contributed by atoms with Crippen LogP contribution in [0.15, 0.2) is 12.4 Å². The van der Waals surface area contributed by atoms with Crippen LogP contribution >= 0.6 is 0 Å². The van der Waals surface area contributed by atoms with E-state index in [-0.39, 0.29) is 6.09 Å². The average molecular weight is 388 g/mol. The highest BCUT2D eigenvalue weighted by Gasteiger charge is 2.41. The van der Waals surface area contributed by atoms with Crippen LogP contribution < -0.4 is 24.4 Å². The van der Waals surface area contributed by atoms with Crippen molar-refractivity contribution in [2.24, 2.45) is 0 Å². The van der Waals surface area contributed by atoms with Crippen molar-refractivity contribution in [1.29, 1.82) is 0 Å².